The Morgan fingerprint density at radius 2 is 2.30 bits per heavy atom. The van der Waals surface area contributed by atoms with Gasteiger partial charge in [-0.05, 0) is 34.1 Å². The molecule has 0 bridgehead atoms. The van der Waals surface area contributed by atoms with E-state index in [9.17, 15) is 0 Å². The molecule has 0 atom stereocenters. The fourth-order valence-corrected chi connectivity index (χ4v) is 1.08. The molecule has 0 radical (unpaired) electrons. The summed E-state index contributed by atoms with van der Waals surface area (Å²) in [5, 5.41) is 0.852. The van der Waals surface area contributed by atoms with E-state index in [1.165, 1.54) is 0 Å². The molecule has 0 amide bonds. The Morgan fingerprint density at radius 3 is 2.80 bits per heavy atom. The topological polar surface area (TPSA) is 13.1 Å². The van der Waals surface area contributed by atoms with E-state index in [1.54, 1.807) is 0 Å². The van der Waals surface area contributed by atoms with Gasteiger partial charge in [-0.2, -0.15) is 0 Å². The number of allylic oxidation sites excluding steroid dienone is 1. The standard InChI is InChI=1S/C7H6Br2O/c8-5-1-2-6-3-4-7(9)10-6/h1-4H,5H2. The van der Waals surface area contributed by atoms with Gasteiger partial charge in [0.15, 0.2) is 4.67 Å². The van der Waals surface area contributed by atoms with Crippen molar-refractivity contribution in [3.8, 4) is 0 Å². The lowest BCUT2D eigenvalue weighted by molar-refractivity contribution is 0.531. The van der Waals surface area contributed by atoms with Crippen LogP contribution in [0.3, 0.4) is 0 Å². The zero-order valence-electron chi connectivity index (χ0n) is 5.18. The molecule has 1 aromatic rings. The molecule has 0 aliphatic rings. The van der Waals surface area contributed by atoms with Crippen LogP contribution in [0, 0.1) is 0 Å². The van der Waals surface area contributed by atoms with Crippen molar-refractivity contribution in [3.05, 3.63) is 28.6 Å². The van der Waals surface area contributed by atoms with E-state index in [2.05, 4.69) is 31.9 Å². The molecule has 0 aliphatic heterocycles. The summed E-state index contributed by atoms with van der Waals surface area (Å²) in [6.07, 6.45) is 3.89. The van der Waals surface area contributed by atoms with Crippen LogP contribution in [0.2, 0.25) is 0 Å². The molecular formula is C7H6Br2O. The van der Waals surface area contributed by atoms with E-state index in [-0.39, 0.29) is 0 Å². The number of hydrogen-bond acceptors (Lipinski definition) is 1. The van der Waals surface area contributed by atoms with Gasteiger partial charge in [0.25, 0.3) is 0 Å². The van der Waals surface area contributed by atoms with Crippen LogP contribution in [0.5, 0.6) is 0 Å². The molecule has 1 rings (SSSR count). The number of furan rings is 1. The van der Waals surface area contributed by atoms with Crippen LogP contribution in [0.1, 0.15) is 5.76 Å². The van der Waals surface area contributed by atoms with Crippen molar-refractivity contribution in [3.63, 3.8) is 0 Å². The maximum Gasteiger partial charge on any atom is 0.169 e. The van der Waals surface area contributed by atoms with E-state index in [1.807, 2.05) is 24.3 Å². The summed E-state index contributed by atoms with van der Waals surface area (Å²) >= 11 is 6.49. The van der Waals surface area contributed by atoms with Gasteiger partial charge in [0.05, 0.1) is 0 Å². The quantitative estimate of drug-likeness (QED) is 0.747. The zero-order chi connectivity index (χ0) is 7.40. The SMILES string of the molecule is BrCC=Cc1ccc(Br)o1. The second-order valence-electron chi connectivity index (χ2n) is 1.70. The monoisotopic (exact) mass is 264 g/mol. The summed E-state index contributed by atoms with van der Waals surface area (Å²) in [5.41, 5.74) is 0. The molecule has 0 fully saturated rings. The Hall–Kier alpha value is -0.0200. The van der Waals surface area contributed by atoms with Crippen molar-refractivity contribution >= 4 is 37.9 Å². The second kappa shape index (κ2) is 3.98. The van der Waals surface area contributed by atoms with E-state index in [0.717, 1.165) is 15.8 Å². The third-order valence-electron chi connectivity index (χ3n) is 0.965. The third kappa shape index (κ3) is 2.31. The Kier molecular flexibility index (Phi) is 3.22. The Bertz CT molecular complexity index is 227. The van der Waals surface area contributed by atoms with Gasteiger partial charge < -0.3 is 4.42 Å². The highest BCUT2D eigenvalue weighted by Gasteiger charge is 1.91. The highest BCUT2D eigenvalue weighted by Crippen LogP contribution is 2.14. The first-order valence-corrected chi connectivity index (χ1v) is 4.72. The van der Waals surface area contributed by atoms with E-state index in [0.29, 0.717) is 0 Å². The molecule has 0 unspecified atom stereocenters. The summed E-state index contributed by atoms with van der Waals surface area (Å²) in [5.74, 6) is 0.867. The van der Waals surface area contributed by atoms with Crippen LogP contribution in [0.4, 0.5) is 0 Å². The van der Waals surface area contributed by atoms with Crippen molar-refractivity contribution in [1.82, 2.24) is 0 Å². The second-order valence-corrected chi connectivity index (χ2v) is 3.13. The average molecular weight is 266 g/mol. The van der Waals surface area contributed by atoms with Crippen LogP contribution in [0.15, 0.2) is 27.3 Å². The first-order valence-electron chi connectivity index (χ1n) is 2.81. The van der Waals surface area contributed by atoms with Gasteiger partial charge in [-0.1, -0.05) is 22.0 Å². The van der Waals surface area contributed by atoms with Crippen LogP contribution in [0.25, 0.3) is 6.08 Å². The molecule has 1 aromatic heterocycles. The van der Waals surface area contributed by atoms with E-state index < -0.39 is 0 Å². The van der Waals surface area contributed by atoms with Crippen LogP contribution in [-0.4, -0.2) is 5.33 Å². The average Bonchev–Trinajstić information content (AvgIpc) is 2.31. The minimum absolute atomic E-state index is 0.765. The van der Waals surface area contributed by atoms with Gasteiger partial charge in [0.1, 0.15) is 5.76 Å². The third-order valence-corrected chi connectivity index (χ3v) is 1.77. The summed E-state index contributed by atoms with van der Waals surface area (Å²) in [7, 11) is 0. The largest absolute Gasteiger partial charge is 0.450 e. The molecule has 10 heavy (non-hydrogen) atoms. The molecule has 0 saturated heterocycles. The summed E-state index contributed by atoms with van der Waals surface area (Å²) in [6, 6.07) is 3.77. The minimum atomic E-state index is 0.765. The fourth-order valence-electron chi connectivity index (χ4n) is 0.579. The first-order chi connectivity index (χ1) is 4.83. The highest BCUT2D eigenvalue weighted by atomic mass is 79.9. The van der Waals surface area contributed by atoms with Crippen molar-refractivity contribution < 1.29 is 4.42 Å². The number of alkyl halides is 1. The summed E-state index contributed by atoms with van der Waals surface area (Å²) in [4.78, 5) is 0. The summed E-state index contributed by atoms with van der Waals surface area (Å²) < 4.78 is 5.96. The lowest BCUT2D eigenvalue weighted by Gasteiger charge is -1.80. The molecule has 0 aromatic carbocycles. The molecule has 0 spiro atoms. The van der Waals surface area contributed by atoms with Gasteiger partial charge in [-0.3, -0.25) is 0 Å². The van der Waals surface area contributed by atoms with Gasteiger partial charge in [0, 0.05) is 5.33 Å². The van der Waals surface area contributed by atoms with E-state index >= 15 is 0 Å². The molecular weight excluding hydrogens is 260 g/mol. The fraction of sp³-hybridized carbons (Fsp3) is 0.143. The minimum Gasteiger partial charge on any atom is -0.450 e. The Morgan fingerprint density at radius 1 is 1.50 bits per heavy atom. The molecule has 0 saturated carbocycles. The van der Waals surface area contributed by atoms with Gasteiger partial charge in [-0.25, -0.2) is 0 Å². The smallest absolute Gasteiger partial charge is 0.169 e. The number of rotatable bonds is 2. The predicted molar refractivity (Wildman–Crippen MR) is 49.2 cm³/mol. The van der Waals surface area contributed by atoms with Gasteiger partial charge in [0.2, 0.25) is 0 Å². The molecule has 0 aliphatic carbocycles. The Balaban J connectivity index is 2.67. The molecule has 0 N–H and O–H groups in total. The normalized spacial score (nSPS) is 11.0. The highest BCUT2D eigenvalue weighted by molar-refractivity contribution is 9.10. The van der Waals surface area contributed by atoms with Crippen LogP contribution in [-0.2, 0) is 0 Å². The lowest BCUT2D eigenvalue weighted by atomic mass is 10.4. The van der Waals surface area contributed by atoms with E-state index in [4.69, 9.17) is 4.42 Å². The first kappa shape index (κ1) is 8.08. The Labute approximate surface area is 76.4 Å². The molecule has 3 heteroatoms. The van der Waals surface area contributed by atoms with Crippen molar-refractivity contribution in [2.24, 2.45) is 0 Å². The van der Waals surface area contributed by atoms with Crippen molar-refractivity contribution in [1.29, 1.82) is 0 Å². The maximum absolute atomic E-state index is 5.19. The summed E-state index contributed by atoms with van der Waals surface area (Å²) in [6.45, 7) is 0. The predicted octanol–water partition coefficient (Wildman–Crippen LogP) is 3.45. The molecule has 54 valence electrons. The van der Waals surface area contributed by atoms with Gasteiger partial charge in [-0.15, -0.1) is 0 Å². The maximum atomic E-state index is 5.19. The zero-order valence-corrected chi connectivity index (χ0v) is 8.35. The number of halogens is 2. The molecule has 1 nitrogen and oxygen atoms in total. The molecule has 1 heterocycles. The lowest BCUT2D eigenvalue weighted by Crippen LogP contribution is -1.60. The number of hydrogen-bond donors (Lipinski definition) is 0. The van der Waals surface area contributed by atoms with Gasteiger partial charge >= 0.3 is 0 Å². The van der Waals surface area contributed by atoms with Crippen molar-refractivity contribution in [2.75, 3.05) is 5.33 Å². The van der Waals surface area contributed by atoms with Crippen molar-refractivity contribution in [2.45, 2.75) is 0 Å². The van der Waals surface area contributed by atoms with Crippen LogP contribution < -0.4 is 0 Å². The van der Waals surface area contributed by atoms with Crippen LogP contribution >= 0.6 is 31.9 Å².